The number of hydrogen-bond acceptors (Lipinski definition) is 6. The maximum Gasteiger partial charge on any atom is 0.211 e. The molecule has 1 saturated heterocycles. The molecule has 36 heavy (non-hydrogen) atoms. The number of morpholine rings is 1. The fourth-order valence-electron chi connectivity index (χ4n) is 4.01. The summed E-state index contributed by atoms with van der Waals surface area (Å²) in [5.41, 5.74) is 11.0. The van der Waals surface area contributed by atoms with Crippen molar-refractivity contribution < 1.29 is 9.53 Å². The van der Waals surface area contributed by atoms with Gasteiger partial charge in [0.15, 0.2) is 0 Å². The number of rotatable bonds is 11. The van der Waals surface area contributed by atoms with Crippen molar-refractivity contribution in [3.8, 4) is 0 Å². The van der Waals surface area contributed by atoms with E-state index in [1.807, 2.05) is 6.20 Å². The van der Waals surface area contributed by atoms with Crippen LogP contribution in [0.5, 0.6) is 0 Å². The van der Waals surface area contributed by atoms with Crippen LogP contribution in [-0.2, 0) is 16.1 Å². The normalized spacial score (nSPS) is 17.6. The largest absolute Gasteiger partial charge is 0.397 e. The number of nitrogens with one attached hydrogen (secondary N) is 2. The van der Waals surface area contributed by atoms with Crippen molar-refractivity contribution in [2.45, 2.75) is 33.4 Å². The van der Waals surface area contributed by atoms with Crippen molar-refractivity contribution in [3.63, 3.8) is 0 Å². The third kappa shape index (κ3) is 7.96. The predicted octanol–water partition coefficient (Wildman–Crippen LogP) is 3.57. The number of imidazole rings is 1. The van der Waals surface area contributed by atoms with E-state index in [4.69, 9.17) is 15.5 Å². The minimum Gasteiger partial charge on any atom is -0.397 e. The van der Waals surface area contributed by atoms with Crippen molar-refractivity contribution >= 4 is 12.1 Å². The number of pyridine rings is 1. The molecular weight excluding hydrogens is 452 g/mol. The molecule has 2 aromatic rings. The zero-order valence-corrected chi connectivity index (χ0v) is 21.5. The molecule has 3 heterocycles. The Labute approximate surface area is 213 Å². The van der Waals surface area contributed by atoms with E-state index >= 15 is 0 Å². The third-order valence-corrected chi connectivity index (χ3v) is 5.70. The van der Waals surface area contributed by atoms with E-state index in [0.29, 0.717) is 36.7 Å². The maximum absolute atomic E-state index is 10.3. The van der Waals surface area contributed by atoms with E-state index in [-0.39, 0.29) is 11.5 Å². The van der Waals surface area contributed by atoms with Gasteiger partial charge >= 0.3 is 0 Å². The van der Waals surface area contributed by atoms with Gasteiger partial charge in [-0.05, 0) is 29.2 Å². The molecule has 8 heteroatoms. The molecule has 1 fully saturated rings. The van der Waals surface area contributed by atoms with Gasteiger partial charge in [-0.3, -0.25) is 9.69 Å². The van der Waals surface area contributed by atoms with Gasteiger partial charge in [0.1, 0.15) is 5.65 Å². The Bertz CT molecular complexity index is 1170. The number of ether oxygens (including phenoxy) is 1. The molecule has 1 aliphatic rings. The van der Waals surface area contributed by atoms with Gasteiger partial charge in [0.25, 0.3) is 0 Å². The zero-order valence-electron chi connectivity index (χ0n) is 21.5. The Kier molecular flexibility index (Phi) is 9.27. The first-order valence-corrected chi connectivity index (χ1v) is 12.1. The molecule has 0 aliphatic carbocycles. The Morgan fingerprint density at radius 1 is 1.25 bits per heavy atom. The van der Waals surface area contributed by atoms with Crippen LogP contribution >= 0.6 is 0 Å². The van der Waals surface area contributed by atoms with Crippen LogP contribution in [0.15, 0.2) is 85.2 Å². The highest BCUT2D eigenvalue weighted by Gasteiger charge is 2.28. The van der Waals surface area contributed by atoms with Crippen LogP contribution in [0.2, 0.25) is 0 Å². The average molecular weight is 491 g/mol. The highest BCUT2D eigenvalue weighted by molar-refractivity contribution is 5.51. The molecule has 1 amide bonds. The molecule has 8 nitrogen and oxygen atoms in total. The Morgan fingerprint density at radius 3 is 2.81 bits per heavy atom. The van der Waals surface area contributed by atoms with Gasteiger partial charge in [0.2, 0.25) is 6.41 Å². The van der Waals surface area contributed by atoms with Gasteiger partial charge in [0, 0.05) is 31.2 Å². The lowest BCUT2D eigenvalue weighted by molar-refractivity contribution is -0.108. The second-order valence-electron chi connectivity index (χ2n) is 10.1. The highest BCUT2D eigenvalue weighted by Crippen LogP contribution is 2.28. The summed E-state index contributed by atoms with van der Waals surface area (Å²) < 4.78 is 7.89. The molecule has 0 spiro atoms. The van der Waals surface area contributed by atoms with Gasteiger partial charge in [0.05, 0.1) is 42.9 Å². The van der Waals surface area contributed by atoms with Crippen molar-refractivity contribution in [3.05, 3.63) is 96.4 Å². The van der Waals surface area contributed by atoms with E-state index in [1.54, 1.807) is 30.4 Å². The summed E-state index contributed by atoms with van der Waals surface area (Å²) in [4.78, 5) is 17.6. The van der Waals surface area contributed by atoms with Crippen LogP contribution < -0.4 is 16.4 Å². The molecule has 1 unspecified atom stereocenters. The Morgan fingerprint density at radius 2 is 2.06 bits per heavy atom. The number of carbonyl (C=O) groups is 1. The minimum absolute atomic E-state index is 0.225. The fraction of sp³-hybridized carbons (Fsp3) is 0.357. The Hall–Kier alpha value is -3.62. The number of fused-ring (bicyclic) bond motifs is 1. The standard InChI is InChI=1S/C28H38N6O2/c1-21(31-20-35)9-7-6-8-10-25(29)22(2)30-15-24-17-34-16-23(11-12-27(34)32-24)26-18-36-14-13-33(26)19-28(3,4)5/h6-12,16-17,20,26,30H,1-2,13-15,18-19,29H2,3-5H3,(H,31,35)/b8-6-,9-7-,25-10-. The van der Waals surface area contributed by atoms with Crippen molar-refractivity contribution in [1.29, 1.82) is 0 Å². The van der Waals surface area contributed by atoms with Gasteiger partial charge < -0.3 is 25.5 Å². The van der Waals surface area contributed by atoms with E-state index in [1.165, 1.54) is 5.56 Å². The number of allylic oxidation sites excluding steroid dienone is 5. The molecule has 0 radical (unpaired) electrons. The van der Waals surface area contributed by atoms with E-state index in [9.17, 15) is 4.79 Å². The maximum atomic E-state index is 10.3. The van der Waals surface area contributed by atoms with Crippen molar-refractivity contribution in [1.82, 2.24) is 24.9 Å². The summed E-state index contributed by atoms with van der Waals surface area (Å²) in [6.45, 7) is 18.4. The summed E-state index contributed by atoms with van der Waals surface area (Å²) >= 11 is 0. The second kappa shape index (κ2) is 12.4. The average Bonchev–Trinajstić information content (AvgIpc) is 3.24. The molecule has 0 bridgehead atoms. The SMILES string of the molecule is C=C(\C=C/C=C\C=C(/N)C(=C)NCc1cn2cc(C3COCCN3CC(C)(C)C)ccc2n1)NC=O. The van der Waals surface area contributed by atoms with Crippen LogP contribution in [0.4, 0.5) is 0 Å². The van der Waals surface area contributed by atoms with Crippen LogP contribution in [0.1, 0.15) is 38.1 Å². The fourth-order valence-corrected chi connectivity index (χ4v) is 4.01. The summed E-state index contributed by atoms with van der Waals surface area (Å²) in [5.74, 6) is 0. The minimum atomic E-state index is 0.225. The van der Waals surface area contributed by atoms with Crippen LogP contribution in [0.25, 0.3) is 5.65 Å². The van der Waals surface area contributed by atoms with E-state index < -0.39 is 0 Å². The first-order valence-electron chi connectivity index (χ1n) is 12.1. The number of carbonyl (C=O) groups excluding carboxylic acids is 1. The molecular formula is C28H38N6O2. The lowest BCUT2D eigenvalue weighted by Gasteiger charge is -2.39. The monoisotopic (exact) mass is 490 g/mol. The topological polar surface area (TPSA) is 96.9 Å². The van der Waals surface area contributed by atoms with E-state index in [0.717, 1.165) is 31.0 Å². The van der Waals surface area contributed by atoms with Gasteiger partial charge in [-0.2, -0.15) is 0 Å². The molecule has 4 N–H and O–H groups in total. The van der Waals surface area contributed by atoms with Crippen LogP contribution in [-0.4, -0.2) is 47.0 Å². The molecule has 1 atom stereocenters. The van der Waals surface area contributed by atoms with Crippen LogP contribution in [0, 0.1) is 5.41 Å². The predicted molar refractivity (Wildman–Crippen MR) is 145 cm³/mol. The lowest BCUT2D eigenvalue weighted by atomic mass is 9.94. The summed E-state index contributed by atoms with van der Waals surface area (Å²) in [5, 5.41) is 5.70. The zero-order chi connectivity index (χ0) is 26.1. The quantitative estimate of drug-likeness (QED) is 0.329. The number of nitrogens with zero attached hydrogens (tertiary/aromatic N) is 3. The molecule has 2 aromatic heterocycles. The molecule has 1 aliphatic heterocycles. The molecule has 3 rings (SSSR count). The van der Waals surface area contributed by atoms with E-state index in [2.05, 4.69) is 72.2 Å². The van der Waals surface area contributed by atoms with Crippen molar-refractivity contribution in [2.24, 2.45) is 11.1 Å². The summed E-state index contributed by atoms with van der Waals surface area (Å²) in [7, 11) is 0. The third-order valence-electron chi connectivity index (χ3n) is 5.70. The number of aromatic nitrogens is 2. The number of hydrogen-bond donors (Lipinski definition) is 3. The summed E-state index contributed by atoms with van der Waals surface area (Å²) in [6.07, 6.45) is 13.5. The highest BCUT2D eigenvalue weighted by atomic mass is 16.5. The second-order valence-corrected chi connectivity index (χ2v) is 10.1. The van der Waals surface area contributed by atoms with Gasteiger partial charge in [-0.25, -0.2) is 4.98 Å². The smallest absolute Gasteiger partial charge is 0.211 e. The van der Waals surface area contributed by atoms with Gasteiger partial charge in [-0.15, -0.1) is 0 Å². The Balaban J connectivity index is 1.60. The lowest BCUT2D eigenvalue weighted by Crippen LogP contribution is -2.43. The molecule has 0 aromatic carbocycles. The van der Waals surface area contributed by atoms with Crippen LogP contribution in [0.3, 0.4) is 0 Å². The number of nitrogens with two attached hydrogens (primary N) is 1. The molecule has 0 saturated carbocycles. The summed E-state index contributed by atoms with van der Waals surface area (Å²) in [6, 6.07) is 4.45. The first-order chi connectivity index (χ1) is 17.2. The van der Waals surface area contributed by atoms with Crippen molar-refractivity contribution in [2.75, 3.05) is 26.3 Å². The first kappa shape index (κ1) is 27.0. The molecule has 192 valence electrons. The van der Waals surface area contributed by atoms with Gasteiger partial charge in [-0.1, -0.05) is 58.2 Å². The number of amides is 1.